The molecule has 3 aromatic rings. The van der Waals surface area contributed by atoms with E-state index in [0.717, 1.165) is 11.1 Å². The molecule has 0 fully saturated rings. The van der Waals surface area contributed by atoms with E-state index in [4.69, 9.17) is 4.74 Å². The fourth-order valence-electron chi connectivity index (χ4n) is 2.76. The highest BCUT2D eigenvalue weighted by Crippen LogP contribution is 2.12. The molecule has 6 heteroatoms. The monoisotopic (exact) mass is 377 g/mol. The van der Waals surface area contributed by atoms with Crippen molar-refractivity contribution in [2.75, 3.05) is 0 Å². The minimum atomic E-state index is -0.906. The van der Waals surface area contributed by atoms with Crippen LogP contribution in [-0.2, 0) is 16.1 Å². The molecule has 0 saturated heterocycles. The lowest BCUT2D eigenvalue weighted by Crippen LogP contribution is -2.37. The first-order chi connectivity index (χ1) is 13.5. The maximum Gasteiger partial charge on any atom is 0.342 e. The molecule has 1 N–H and O–H groups in total. The van der Waals surface area contributed by atoms with Gasteiger partial charge >= 0.3 is 5.97 Å². The lowest BCUT2D eigenvalue weighted by Gasteiger charge is -2.18. The third-order valence-corrected chi connectivity index (χ3v) is 4.37. The minimum absolute atomic E-state index is 0.177. The van der Waals surface area contributed by atoms with Crippen molar-refractivity contribution in [1.29, 1.82) is 0 Å². The van der Waals surface area contributed by atoms with E-state index in [1.54, 1.807) is 17.8 Å². The number of nitrogens with one attached hydrogen (secondary N) is 1. The summed E-state index contributed by atoms with van der Waals surface area (Å²) in [7, 11) is 0. The summed E-state index contributed by atoms with van der Waals surface area (Å²) in [5.74, 6) is -0.921. The van der Waals surface area contributed by atoms with Crippen molar-refractivity contribution in [3.63, 3.8) is 0 Å². The van der Waals surface area contributed by atoms with Gasteiger partial charge in [-0.2, -0.15) is 5.10 Å². The standard InChI is InChI=1S/C22H23N3O3/c1-16(19-11-7-4-8-12-19)24-21(26)17(2)28-22(27)20-13-23-25(15-20)14-18-9-5-3-6-10-18/h3-13,15-17H,14H2,1-2H3,(H,24,26). The summed E-state index contributed by atoms with van der Waals surface area (Å²) in [6.07, 6.45) is 2.16. The lowest BCUT2D eigenvalue weighted by molar-refractivity contribution is -0.129. The van der Waals surface area contributed by atoms with Crippen molar-refractivity contribution in [2.24, 2.45) is 0 Å². The Kier molecular flexibility index (Phi) is 6.22. The second-order valence-electron chi connectivity index (χ2n) is 6.60. The normalized spacial score (nSPS) is 12.8. The van der Waals surface area contributed by atoms with E-state index in [9.17, 15) is 9.59 Å². The molecule has 0 aliphatic carbocycles. The Morgan fingerprint density at radius 1 is 1.04 bits per heavy atom. The van der Waals surface area contributed by atoms with Crippen molar-refractivity contribution < 1.29 is 14.3 Å². The first kappa shape index (κ1) is 19.4. The summed E-state index contributed by atoms with van der Waals surface area (Å²) < 4.78 is 6.96. The number of ether oxygens (including phenoxy) is 1. The summed E-state index contributed by atoms with van der Waals surface area (Å²) in [4.78, 5) is 24.7. The zero-order chi connectivity index (χ0) is 19.9. The van der Waals surface area contributed by atoms with Crippen LogP contribution in [0.4, 0.5) is 0 Å². The van der Waals surface area contributed by atoms with Crippen molar-refractivity contribution in [2.45, 2.75) is 32.5 Å². The molecule has 28 heavy (non-hydrogen) atoms. The lowest BCUT2D eigenvalue weighted by atomic mass is 10.1. The summed E-state index contributed by atoms with van der Waals surface area (Å²) >= 11 is 0. The molecule has 144 valence electrons. The Bertz CT molecular complexity index is 922. The van der Waals surface area contributed by atoms with Crippen LogP contribution in [0.15, 0.2) is 73.1 Å². The fraction of sp³-hybridized carbons (Fsp3) is 0.227. The second kappa shape index (κ2) is 8.99. The maximum atomic E-state index is 12.3. The number of hydrogen-bond acceptors (Lipinski definition) is 4. The molecule has 0 spiro atoms. The van der Waals surface area contributed by atoms with E-state index in [-0.39, 0.29) is 11.9 Å². The smallest absolute Gasteiger partial charge is 0.342 e. The number of esters is 1. The van der Waals surface area contributed by atoms with Gasteiger partial charge in [0.05, 0.1) is 24.3 Å². The van der Waals surface area contributed by atoms with Gasteiger partial charge in [-0.1, -0.05) is 60.7 Å². The predicted molar refractivity (Wildman–Crippen MR) is 106 cm³/mol. The molecule has 1 aromatic heterocycles. The second-order valence-corrected chi connectivity index (χ2v) is 6.60. The highest BCUT2D eigenvalue weighted by molar-refractivity contribution is 5.91. The van der Waals surface area contributed by atoms with E-state index >= 15 is 0 Å². The zero-order valence-corrected chi connectivity index (χ0v) is 15.9. The topological polar surface area (TPSA) is 73.2 Å². The first-order valence-corrected chi connectivity index (χ1v) is 9.15. The summed E-state index contributed by atoms with van der Waals surface area (Å²) in [6.45, 7) is 3.99. The number of amides is 1. The molecular formula is C22H23N3O3. The molecule has 1 amide bonds. The van der Waals surface area contributed by atoms with Gasteiger partial charge in [-0.3, -0.25) is 9.48 Å². The summed E-state index contributed by atoms with van der Waals surface area (Å²) in [6, 6.07) is 19.2. The Balaban J connectivity index is 1.54. The van der Waals surface area contributed by atoms with E-state index in [0.29, 0.717) is 12.1 Å². The first-order valence-electron chi connectivity index (χ1n) is 9.15. The zero-order valence-electron chi connectivity index (χ0n) is 15.9. The van der Waals surface area contributed by atoms with Crippen molar-refractivity contribution in [3.8, 4) is 0 Å². The molecule has 2 atom stereocenters. The Morgan fingerprint density at radius 2 is 1.68 bits per heavy atom. The van der Waals surface area contributed by atoms with E-state index < -0.39 is 12.1 Å². The van der Waals surface area contributed by atoms with Crippen LogP contribution in [-0.4, -0.2) is 27.8 Å². The van der Waals surface area contributed by atoms with Crippen LogP contribution in [0.2, 0.25) is 0 Å². The van der Waals surface area contributed by atoms with Crippen molar-refractivity contribution in [1.82, 2.24) is 15.1 Å². The molecular weight excluding hydrogens is 354 g/mol. The summed E-state index contributed by atoms with van der Waals surface area (Å²) in [5.41, 5.74) is 2.37. The van der Waals surface area contributed by atoms with Gasteiger partial charge in [0.15, 0.2) is 6.10 Å². The van der Waals surface area contributed by atoms with Gasteiger partial charge in [0.25, 0.3) is 5.91 Å². The fourth-order valence-corrected chi connectivity index (χ4v) is 2.76. The van der Waals surface area contributed by atoms with Crippen molar-refractivity contribution >= 4 is 11.9 Å². The van der Waals surface area contributed by atoms with Gasteiger partial charge in [-0.25, -0.2) is 4.79 Å². The van der Waals surface area contributed by atoms with Gasteiger partial charge in [-0.15, -0.1) is 0 Å². The minimum Gasteiger partial charge on any atom is -0.449 e. The predicted octanol–water partition coefficient (Wildman–Crippen LogP) is 3.35. The molecule has 0 radical (unpaired) electrons. The molecule has 2 unspecified atom stereocenters. The van der Waals surface area contributed by atoms with Gasteiger partial charge in [0.1, 0.15) is 0 Å². The highest BCUT2D eigenvalue weighted by atomic mass is 16.5. The van der Waals surface area contributed by atoms with Gasteiger partial charge in [-0.05, 0) is 25.0 Å². The van der Waals surface area contributed by atoms with Crippen LogP contribution in [0.25, 0.3) is 0 Å². The number of rotatable bonds is 7. The molecule has 0 aliphatic heterocycles. The number of aromatic nitrogens is 2. The van der Waals surface area contributed by atoms with Gasteiger partial charge in [0.2, 0.25) is 0 Å². The number of benzene rings is 2. The molecule has 1 heterocycles. The number of carbonyl (C=O) groups excluding carboxylic acids is 2. The molecule has 0 saturated carbocycles. The van der Waals surface area contributed by atoms with Gasteiger partial charge in [0, 0.05) is 6.20 Å². The van der Waals surface area contributed by atoms with Crippen molar-refractivity contribution in [3.05, 3.63) is 89.7 Å². The van der Waals surface area contributed by atoms with Crippen LogP contribution in [0.1, 0.15) is 41.4 Å². The number of nitrogens with zero attached hydrogens (tertiary/aromatic N) is 2. The average Bonchev–Trinajstić information content (AvgIpc) is 3.18. The van der Waals surface area contributed by atoms with Crippen LogP contribution in [0.3, 0.4) is 0 Å². The number of hydrogen-bond donors (Lipinski definition) is 1. The Labute approximate surface area is 164 Å². The van der Waals surface area contributed by atoms with Gasteiger partial charge < -0.3 is 10.1 Å². The Morgan fingerprint density at radius 3 is 2.36 bits per heavy atom. The average molecular weight is 377 g/mol. The van der Waals surface area contributed by atoms with E-state index in [1.165, 1.54) is 6.20 Å². The number of carbonyl (C=O) groups is 2. The third-order valence-electron chi connectivity index (χ3n) is 4.37. The molecule has 0 aliphatic rings. The largest absolute Gasteiger partial charge is 0.449 e. The SMILES string of the molecule is CC(OC(=O)c1cnn(Cc2ccccc2)c1)C(=O)NC(C)c1ccccc1. The molecule has 0 bridgehead atoms. The van der Waals surface area contributed by atoms with E-state index in [2.05, 4.69) is 10.4 Å². The molecule has 3 rings (SSSR count). The van der Waals surface area contributed by atoms with Crippen LogP contribution < -0.4 is 5.32 Å². The van der Waals surface area contributed by atoms with E-state index in [1.807, 2.05) is 67.6 Å². The summed E-state index contributed by atoms with van der Waals surface area (Å²) in [5, 5.41) is 7.04. The van der Waals surface area contributed by atoms with Crippen LogP contribution >= 0.6 is 0 Å². The highest BCUT2D eigenvalue weighted by Gasteiger charge is 2.21. The maximum absolute atomic E-state index is 12.3. The quantitative estimate of drug-likeness (QED) is 0.641. The third kappa shape index (κ3) is 5.07. The molecule has 6 nitrogen and oxygen atoms in total. The molecule has 2 aromatic carbocycles. The van der Waals surface area contributed by atoms with Crippen LogP contribution in [0.5, 0.6) is 0 Å². The van der Waals surface area contributed by atoms with Crippen LogP contribution in [0, 0.1) is 0 Å². The Hall–Kier alpha value is -3.41.